The monoisotopic (exact) mass is 459 g/mol. The average molecular weight is 460 g/mol. The van der Waals surface area contributed by atoms with Crippen LogP contribution in [0.4, 0.5) is 4.39 Å². The summed E-state index contributed by atoms with van der Waals surface area (Å²) >= 11 is 5.79. The van der Waals surface area contributed by atoms with E-state index in [4.69, 9.17) is 11.6 Å². The molecule has 8 nitrogen and oxygen atoms in total. The Hall–Kier alpha value is -1.75. The molecule has 2 N–H and O–H groups in total. The fourth-order valence-corrected chi connectivity index (χ4v) is 6.00. The Kier molecular flexibility index (Phi) is 5.32. The van der Waals surface area contributed by atoms with Crippen molar-refractivity contribution < 1.29 is 27.5 Å². The highest BCUT2D eigenvalue weighted by atomic mass is 35.5. The fraction of sp³-hybridized carbons (Fsp3) is 0.579. The van der Waals surface area contributed by atoms with Crippen LogP contribution in [0, 0.1) is 17.7 Å². The second-order valence-corrected chi connectivity index (χ2v) is 10.8. The molecule has 30 heavy (non-hydrogen) atoms. The topological polar surface area (TPSA) is 107 Å². The number of carbonyl (C=O) groups is 2. The fourth-order valence-electron chi connectivity index (χ4n) is 4.59. The number of sulfonamides is 1. The maximum Gasteiger partial charge on any atom is 0.264 e. The van der Waals surface area contributed by atoms with Gasteiger partial charge in [0.05, 0.1) is 5.75 Å². The summed E-state index contributed by atoms with van der Waals surface area (Å²) < 4.78 is 38.9. The van der Waals surface area contributed by atoms with E-state index in [2.05, 4.69) is 5.32 Å². The first kappa shape index (κ1) is 21.5. The third-order valence-corrected chi connectivity index (χ3v) is 8.35. The van der Waals surface area contributed by atoms with Crippen molar-refractivity contribution in [3.05, 3.63) is 34.6 Å². The average Bonchev–Trinajstić information content (AvgIpc) is 3.01. The van der Waals surface area contributed by atoms with Crippen LogP contribution in [0.5, 0.6) is 0 Å². The Bertz CT molecular complexity index is 974. The number of carbonyl (C=O) groups excluding carboxylic acids is 2. The summed E-state index contributed by atoms with van der Waals surface area (Å²) in [6.45, 7) is 2.47. The number of hydrogen-bond acceptors (Lipinski definition) is 5. The van der Waals surface area contributed by atoms with Crippen molar-refractivity contribution >= 4 is 33.4 Å². The van der Waals surface area contributed by atoms with Gasteiger partial charge >= 0.3 is 0 Å². The van der Waals surface area contributed by atoms with Gasteiger partial charge in [0.1, 0.15) is 5.82 Å². The molecule has 11 heteroatoms. The van der Waals surface area contributed by atoms with E-state index in [9.17, 15) is 27.5 Å². The van der Waals surface area contributed by atoms with Crippen LogP contribution in [0.1, 0.15) is 18.9 Å². The molecule has 4 rings (SSSR count). The summed E-state index contributed by atoms with van der Waals surface area (Å²) in [5.74, 6) is -1.94. The number of fused-ring (bicyclic) bond motifs is 1. The molecule has 2 heterocycles. The molecule has 1 aliphatic carbocycles. The minimum absolute atomic E-state index is 0.0372. The van der Waals surface area contributed by atoms with E-state index in [1.54, 1.807) is 6.92 Å². The molecule has 3 aliphatic rings. The molecule has 164 valence electrons. The van der Waals surface area contributed by atoms with Gasteiger partial charge in [-0.15, -0.1) is 0 Å². The first-order valence-corrected chi connectivity index (χ1v) is 11.8. The number of hydrogen-bond donors (Lipinski definition) is 2. The highest BCUT2D eigenvalue weighted by Crippen LogP contribution is 2.51. The third kappa shape index (κ3) is 3.59. The summed E-state index contributed by atoms with van der Waals surface area (Å²) in [5, 5.41) is 13.4. The molecule has 1 aromatic rings. The van der Waals surface area contributed by atoms with Gasteiger partial charge in [-0.1, -0.05) is 11.6 Å². The molecule has 2 saturated heterocycles. The predicted octanol–water partition coefficient (Wildman–Crippen LogP) is 0.339. The summed E-state index contributed by atoms with van der Waals surface area (Å²) in [6.07, 6.45) is -0.0471. The molecule has 1 saturated carbocycles. The number of likely N-dealkylation sites (tertiary alicyclic amines) is 1. The standard InChI is InChI=1S/C19H23ClFN3O5S/c1-2-30(28,29)23-9-14-15(10-23)16(14)24-4-3-19(27,18(24)26)17(25)22-8-11-5-12(20)7-13(21)6-11/h5-7,14-16,27H,2-4,8-10H2,1H3,(H,22,25)/t14-,15+,16+,19?. The van der Waals surface area contributed by atoms with Gasteiger partial charge in [0.25, 0.3) is 11.8 Å². The van der Waals surface area contributed by atoms with Crippen LogP contribution in [0.15, 0.2) is 18.2 Å². The smallest absolute Gasteiger partial charge is 0.264 e. The largest absolute Gasteiger partial charge is 0.372 e. The zero-order valence-corrected chi connectivity index (χ0v) is 17.9. The van der Waals surface area contributed by atoms with Crippen LogP contribution in [0.2, 0.25) is 5.02 Å². The predicted molar refractivity (Wildman–Crippen MR) is 106 cm³/mol. The van der Waals surface area contributed by atoms with E-state index in [1.165, 1.54) is 21.3 Å². The van der Waals surface area contributed by atoms with E-state index in [0.29, 0.717) is 18.7 Å². The van der Waals surface area contributed by atoms with Crippen LogP contribution < -0.4 is 5.32 Å². The second-order valence-electron chi connectivity index (χ2n) is 8.11. The molecule has 0 aromatic heterocycles. The Morgan fingerprint density at radius 1 is 1.33 bits per heavy atom. The van der Waals surface area contributed by atoms with Gasteiger partial charge in [0.15, 0.2) is 0 Å². The van der Waals surface area contributed by atoms with E-state index in [0.717, 1.165) is 6.07 Å². The summed E-state index contributed by atoms with van der Waals surface area (Å²) in [6, 6.07) is 3.68. The quantitative estimate of drug-likeness (QED) is 0.596. The molecule has 0 spiro atoms. The van der Waals surface area contributed by atoms with E-state index >= 15 is 0 Å². The minimum Gasteiger partial charge on any atom is -0.372 e. The highest BCUT2D eigenvalue weighted by molar-refractivity contribution is 7.89. The van der Waals surface area contributed by atoms with Crippen molar-refractivity contribution in [2.24, 2.45) is 11.8 Å². The molecule has 4 atom stereocenters. The zero-order chi connectivity index (χ0) is 21.8. The van der Waals surface area contributed by atoms with Gasteiger partial charge in [-0.05, 0) is 42.5 Å². The number of piperidine rings is 1. The summed E-state index contributed by atoms with van der Waals surface area (Å²) in [5.41, 5.74) is -1.77. The number of halogens is 2. The van der Waals surface area contributed by atoms with Crippen LogP contribution in [-0.4, -0.2) is 71.6 Å². The highest BCUT2D eigenvalue weighted by Gasteiger charge is 2.65. The van der Waals surface area contributed by atoms with Crippen molar-refractivity contribution in [1.29, 1.82) is 0 Å². The van der Waals surface area contributed by atoms with E-state index in [1.807, 2.05) is 0 Å². The lowest BCUT2D eigenvalue weighted by Crippen LogP contribution is -2.53. The molecule has 1 aromatic carbocycles. The van der Waals surface area contributed by atoms with E-state index < -0.39 is 33.3 Å². The first-order valence-electron chi connectivity index (χ1n) is 9.81. The van der Waals surface area contributed by atoms with Gasteiger partial charge in [-0.2, -0.15) is 0 Å². The van der Waals surface area contributed by atoms with Gasteiger partial charge in [-0.3, -0.25) is 9.59 Å². The van der Waals surface area contributed by atoms with Crippen molar-refractivity contribution in [3.63, 3.8) is 0 Å². The maximum atomic E-state index is 13.4. The molecular formula is C19H23ClFN3O5S. The lowest BCUT2D eigenvalue weighted by molar-refractivity contribution is -0.154. The number of aliphatic hydroxyl groups is 1. The summed E-state index contributed by atoms with van der Waals surface area (Å²) in [4.78, 5) is 26.9. The number of nitrogens with zero attached hydrogens (tertiary/aromatic N) is 2. The number of amides is 2. The Morgan fingerprint density at radius 2 is 2.00 bits per heavy atom. The van der Waals surface area contributed by atoms with Crippen molar-refractivity contribution in [2.75, 3.05) is 25.4 Å². The number of benzene rings is 1. The number of nitrogens with one attached hydrogen (secondary N) is 1. The van der Waals surface area contributed by atoms with Crippen LogP contribution in [-0.2, 0) is 26.2 Å². The third-order valence-electron chi connectivity index (χ3n) is 6.31. The normalized spacial score (nSPS) is 31.1. The van der Waals surface area contributed by atoms with Crippen LogP contribution in [0.3, 0.4) is 0 Å². The Morgan fingerprint density at radius 3 is 2.60 bits per heavy atom. The number of rotatable bonds is 6. The van der Waals surface area contributed by atoms with E-state index in [-0.39, 0.29) is 48.2 Å². The SMILES string of the molecule is CCS(=O)(=O)N1C[C@@H]2[C@H](C1)[C@H]2N1CCC(O)(C(=O)NCc2cc(F)cc(Cl)c2)C1=O. The Balaban J connectivity index is 1.37. The van der Waals surface area contributed by atoms with Gasteiger partial charge < -0.3 is 15.3 Å². The van der Waals surface area contributed by atoms with Crippen molar-refractivity contribution in [2.45, 2.75) is 31.5 Å². The van der Waals surface area contributed by atoms with Crippen LogP contribution in [0.25, 0.3) is 0 Å². The van der Waals surface area contributed by atoms with Crippen molar-refractivity contribution in [3.8, 4) is 0 Å². The molecule has 0 radical (unpaired) electrons. The van der Waals surface area contributed by atoms with Gasteiger partial charge in [-0.25, -0.2) is 17.1 Å². The van der Waals surface area contributed by atoms with Gasteiger partial charge in [0, 0.05) is 43.7 Å². The molecule has 3 fully saturated rings. The minimum atomic E-state index is -3.26. The van der Waals surface area contributed by atoms with Gasteiger partial charge in [0.2, 0.25) is 15.6 Å². The molecular weight excluding hydrogens is 437 g/mol. The summed E-state index contributed by atoms with van der Waals surface area (Å²) in [7, 11) is -3.26. The lowest BCUT2D eigenvalue weighted by atomic mass is 10.0. The Labute approximate surface area is 179 Å². The van der Waals surface area contributed by atoms with Crippen molar-refractivity contribution in [1.82, 2.24) is 14.5 Å². The molecule has 2 amide bonds. The molecule has 2 aliphatic heterocycles. The second kappa shape index (κ2) is 7.44. The molecule has 0 bridgehead atoms. The maximum absolute atomic E-state index is 13.4. The first-order chi connectivity index (χ1) is 14.1. The molecule has 1 unspecified atom stereocenters. The van der Waals surface area contributed by atoms with Crippen LogP contribution >= 0.6 is 11.6 Å². The zero-order valence-electron chi connectivity index (χ0n) is 16.3. The lowest BCUT2D eigenvalue weighted by Gasteiger charge is -2.25.